The van der Waals surface area contributed by atoms with Crippen LogP contribution in [0.25, 0.3) is 6.08 Å². The number of aryl methyl sites for hydroxylation is 2. The molecule has 0 spiro atoms. The lowest BCUT2D eigenvalue weighted by Crippen LogP contribution is -2.28. The van der Waals surface area contributed by atoms with Crippen molar-refractivity contribution in [2.75, 3.05) is 11.5 Å². The maximum absolute atomic E-state index is 12.8. The Hall–Kier alpha value is -3.22. The quantitative estimate of drug-likeness (QED) is 0.471. The molecule has 1 saturated heterocycles. The first-order chi connectivity index (χ1) is 12.8. The molecule has 1 fully saturated rings. The Kier molecular flexibility index (Phi) is 4.94. The Morgan fingerprint density at radius 2 is 1.89 bits per heavy atom. The Morgan fingerprint density at radius 1 is 1.22 bits per heavy atom. The van der Waals surface area contributed by atoms with Crippen molar-refractivity contribution in [2.24, 2.45) is 7.05 Å². The topological polar surface area (TPSA) is 81.5 Å². The van der Waals surface area contributed by atoms with Crippen molar-refractivity contribution in [3.8, 4) is 0 Å². The number of anilines is 1. The van der Waals surface area contributed by atoms with Crippen molar-refractivity contribution >= 4 is 29.5 Å². The van der Waals surface area contributed by atoms with Crippen molar-refractivity contribution in [3.05, 3.63) is 52.4 Å². The highest BCUT2D eigenvalue weighted by atomic mass is 16.5. The van der Waals surface area contributed by atoms with Gasteiger partial charge in [0.05, 0.1) is 30.0 Å². The van der Waals surface area contributed by atoms with Gasteiger partial charge >= 0.3 is 5.97 Å². The Morgan fingerprint density at radius 3 is 2.44 bits per heavy atom. The Labute approximate surface area is 157 Å². The number of carbonyl (C=O) groups is 3. The second-order valence-corrected chi connectivity index (χ2v) is 6.36. The van der Waals surface area contributed by atoms with Gasteiger partial charge in [-0.3, -0.25) is 14.3 Å². The average molecular weight is 367 g/mol. The predicted molar refractivity (Wildman–Crippen MR) is 100 cm³/mol. The lowest BCUT2D eigenvalue weighted by molar-refractivity contribution is -0.120. The number of hydrogen-bond acceptors (Lipinski definition) is 5. The highest BCUT2D eigenvalue weighted by Crippen LogP contribution is 2.29. The van der Waals surface area contributed by atoms with Crippen LogP contribution in [-0.4, -0.2) is 34.2 Å². The molecular weight excluding hydrogens is 346 g/mol. The van der Waals surface area contributed by atoms with Crippen LogP contribution in [0.1, 0.15) is 40.7 Å². The van der Waals surface area contributed by atoms with Gasteiger partial charge < -0.3 is 4.74 Å². The summed E-state index contributed by atoms with van der Waals surface area (Å²) in [5, 5.41) is 4.33. The lowest BCUT2D eigenvalue weighted by atomic mass is 10.1. The summed E-state index contributed by atoms with van der Waals surface area (Å²) < 4.78 is 6.68. The van der Waals surface area contributed by atoms with Gasteiger partial charge in [-0.2, -0.15) is 5.10 Å². The molecule has 2 amide bonds. The van der Waals surface area contributed by atoms with E-state index >= 15 is 0 Å². The molecule has 140 valence electrons. The second kappa shape index (κ2) is 7.19. The first-order valence-corrected chi connectivity index (χ1v) is 8.68. The smallest absolute Gasteiger partial charge is 0.338 e. The number of hydrogen-bond donors (Lipinski definition) is 0. The minimum atomic E-state index is -0.439. The number of rotatable bonds is 4. The van der Waals surface area contributed by atoms with E-state index in [2.05, 4.69) is 5.10 Å². The molecule has 0 aliphatic carbocycles. The van der Waals surface area contributed by atoms with Crippen molar-refractivity contribution in [3.63, 3.8) is 0 Å². The van der Waals surface area contributed by atoms with Crippen LogP contribution in [0.3, 0.4) is 0 Å². The van der Waals surface area contributed by atoms with Gasteiger partial charge in [-0.25, -0.2) is 9.69 Å². The van der Waals surface area contributed by atoms with E-state index in [1.54, 1.807) is 41.9 Å². The maximum atomic E-state index is 12.8. The fourth-order valence-electron chi connectivity index (χ4n) is 3.08. The summed E-state index contributed by atoms with van der Waals surface area (Å²) in [4.78, 5) is 38.1. The average Bonchev–Trinajstić information content (AvgIpc) is 3.05. The van der Waals surface area contributed by atoms with Crippen LogP contribution in [-0.2, 0) is 21.4 Å². The largest absolute Gasteiger partial charge is 0.462 e. The molecule has 2 aromatic rings. The number of ether oxygens (including phenoxy) is 1. The third-order valence-corrected chi connectivity index (χ3v) is 4.59. The number of aromatic nitrogens is 2. The molecular formula is C20H21N3O4. The van der Waals surface area contributed by atoms with Crippen molar-refractivity contribution in [1.82, 2.24) is 9.78 Å². The van der Waals surface area contributed by atoms with Crippen LogP contribution in [0.2, 0.25) is 0 Å². The van der Waals surface area contributed by atoms with Crippen molar-refractivity contribution < 1.29 is 19.1 Å². The van der Waals surface area contributed by atoms with Gasteiger partial charge in [0.1, 0.15) is 0 Å². The molecule has 0 atom stereocenters. The van der Waals surface area contributed by atoms with E-state index in [4.69, 9.17) is 4.74 Å². The Balaban J connectivity index is 1.88. The van der Waals surface area contributed by atoms with E-state index in [9.17, 15) is 14.4 Å². The fraction of sp³-hybridized carbons (Fsp3) is 0.300. The van der Waals surface area contributed by atoms with Crippen LogP contribution in [0, 0.1) is 13.8 Å². The Bertz CT molecular complexity index is 954. The summed E-state index contributed by atoms with van der Waals surface area (Å²) in [6, 6.07) is 6.24. The van der Waals surface area contributed by atoms with Gasteiger partial charge in [-0.1, -0.05) is 0 Å². The first-order valence-electron chi connectivity index (χ1n) is 8.68. The van der Waals surface area contributed by atoms with Gasteiger partial charge in [0, 0.05) is 23.9 Å². The van der Waals surface area contributed by atoms with Gasteiger partial charge in [0.25, 0.3) is 5.91 Å². The molecule has 2 heterocycles. The van der Waals surface area contributed by atoms with E-state index in [0.29, 0.717) is 16.8 Å². The SMILES string of the molecule is CCOC(=O)c1ccc(N2C(=O)C/C(=C\c3c(C)nn(C)c3C)C2=O)cc1. The van der Waals surface area contributed by atoms with Crippen LogP contribution < -0.4 is 4.90 Å². The molecule has 0 unspecified atom stereocenters. The molecule has 1 aliphatic heterocycles. The lowest BCUT2D eigenvalue weighted by Gasteiger charge is -2.13. The fourth-order valence-corrected chi connectivity index (χ4v) is 3.08. The molecule has 7 nitrogen and oxygen atoms in total. The van der Waals surface area contributed by atoms with Crippen LogP contribution >= 0.6 is 0 Å². The zero-order chi connectivity index (χ0) is 19.7. The summed E-state index contributed by atoms with van der Waals surface area (Å²) >= 11 is 0. The summed E-state index contributed by atoms with van der Waals surface area (Å²) in [5.41, 5.74) is 3.82. The van der Waals surface area contributed by atoms with Gasteiger partial charge in [-0.15, -0.1) is 0 Å². The maximum Gasteiger partial charge on any atom is 0.338 e. The molecule has 7 heteroatoms. The standard InChI is InChI=1S/C20H21N3O4/c1-5-27-20(26)14-6-8-16(9-7-14)23-18(24)11-15(19(23)25)10-17-12(2)21-22(4)13(17)3/h6-10H,5,11H2,1-4H3/b15-10+. The normalized spacial score (nSPS) is 15.7. The molecule has 27 heavy (non-hydrogen) atoms. The third kappa shape index (κ3) is 3.40. The van der Waals surface area contributed by atoms with Gasteiger partial charge in [0.15, 0.2) is 0 Å². The molecule has 0 saturated carbocycles. The summed E-state index contributed by atoms with van der Waals surface area (Å²) in [7, 11) is 1.84. The predicted octanol–water partition coefficient (Wildman–Crippen LogP) is 2.56. The number of nitrogens with zero attached hydrogens (tertiary/aromatic N) is 3. The van der Waals surface area contributed by atoms with E-state index in [0.717, 1.165) is 21.9 Å². The number of benzene rings is 1. The molecule has 0 bridgehead atoms. The van der Waals surface area contributed by atoms with Gasteiger partial charge in [-0.05, 0) is 51.1 Å². The first kappa shape index (κ1) is 18.6. The van der Waals surface area contributed by atoms with Gasteiger partial charge in [0.2, 0.25) is 5.91 Å². The molecule has 1 aliphatic rings. The third-order valence-electron chi connectivity index (χ3n) is 4.59. The van der Waals surface area contributed by atoms with E-state index in [-0.39, 0.29) is 24.8 Å². The molecule has 3 rings (SSSR count). The van der Waals surface area contributed by atoms with E-state index in [1.807, 2.05) is 20.9 Å². The van der Waals surface area contributed by atoms with Crippen molar-refractivity contribution in [2.45, 2.75) is 27.2 Å². The van der Waals surface area contributed by atoms with E-state index < -0.39 is 5.97 Å². The van der Waals surface area contributed by atoms with Crippen molar-refractivity contribution in [1.29, 1.82) is 0 Å². The highest BCUT2D eigenvalue weighted by Gasteiger charge is 2.35. The number of imide groups is 1. The number of carbonyl (C=O) groups excluding carboxylic acids is 3. The van der Waals surface area contributed by atoms with Crippen LogP contribution in [0.5, 0.6) is 0 Å². The number of amides is 2. The van der Waals surface area contributed by atoms with E-state index in [1.165, 1.54) is 0 Å². The summed E-state index contributed by atoms with van der Waals surface area (Å²) in [6.45, 7) is 5.80. The molecule has 0 N–H and O–H groups in total. The molecule has 1 aromatic carbocycles. The van der Waals surface area contributed by atoms with Crippen LogP contribution in [0.15, 0.2) is 29.8 Å². The zero-order valence-electron chi connectivity index (χ0n) is 15.8. The minimum absolute atomic E-state index is 0.0340. The molecule has 1 aromatic heterocycles. The second-order valence-electron chi connectivity index (χ2n) is 6.36. The summed E-state index contributed by atoms with van der Waals surface area (Å²) in [5.74, 6) is -1.09. The number of esters is 1. The zero-order valence-corrected chi connectivity index (χ0v) is 15.8. The highest BCUT2D eigenvalue weighted by molar-refractivity contribution is 6.29. The summed E-state index contributed by atoms with van der Waals surface area (Å²) in [6.07, 6.45) is 1.77. The molecule has 0 radical (unpaired) electrons. The van der Waals surface area contributed by atoms with Crippen LogP contribution in [0.4, 0.5) is 5.69 Å². The monoisotopic (exact) mass is 367 g/mol. The minimum Gasteiger partial charge on any atom is -0.462 e.